The van der Waals surface area contributed by atoms with Crippen molar-refractivity contribution in [1.82, 2.24) is 15.6 Å². The third kappa shape index (κ3) is 7.70. The van der Waals surface area contributed by atoms with Gasteiger partial charge in [-0.05, 0) is 44.4 Å². The largest absolute Gasteiger partial charge is 0.370 e. The first kappa shape index (κ1) is 18.8. The molecular weight excluding hydrogens is 310 g/mol. The normalized spacial score (nSPS) is 11.2. The first-order chi connectivity index (χ1) is 12.3. The lowest BCUT2D eigenvalue weighted by Gasteiger charge is -2.11. The zero-order valence-corrected chi connectivity index (χ0v) is 15.3. The average molecular weight is 339 g/mol. The van der Waals surface area contributed by atoms with E-state index in [0.717, 1.165) is 44.3 Å². The van der Waals surface area contributed by atoms with Crippen LogP contribution in [0.25, 0.3) is 0 Å². The van der Waals surface area contributed by atoms with Gasteiger partial charge < -0.3 is 16.0 Å². The second-order valence-electron chi connectivity index (χ2n) is 5.96. The molecule has 134 valence electrons. The van der Waals surface area contributed by atoms with Crippen molar-refractivity contribution in [3.63, 3.8) is 0 Å². The highest BCUT2D eigenvalue weighted by Crippen LogP contribution is 2.05. The predicted octanol–water partition coefficient (Wildman–Crippen LogP) is 3.34. The maximum absolute atomic E-state index is 4.66. The maximum Gasteiger partial charge on any atom is 0.191 e. The number of benzene rings is 1. The van der Waals surface area contributed by atoms with Gasteiger partial charge in [-0.1, -0.05) is 35.9 Å². The summed E-state index contributed by atoms with van der Waals surface area (Å²) < 4.78 is 0. The summed E-state index contributed by atoms with van der Waals surface area (Å²) in [5.41, 5.74) is 2.50. The highest BCUT2D eigenvalue weighted by atomic mass is 15.2. The number of pyridine rings is 1. The van der Waals surface area contributed by atoms with Gasteiger partial charge in [-0.2, -0.15) is 0 Å². The van der Waals surface area contributed by atoms with Crippen molar-refractivity contribution < 1.29 is 0 Å². The highest BCUT2D eigenvalue weighted by molar-refractivity contribution is 5.79. The number of hydrogen-bond donors (Lipinski definition) is 3. The number of anilines is 1. The fraction of sp³-hybridized carbons (Fsp3) is 0.400. The van der Waals surface area contributed by atoms with E-state index in [-0.39, 0.29) is 0 Å². The van der Waals surface area contributed by atoms with Crippen molar-refractivity contribution in [2.45, 2.75) is 33.2 Å². The molecule has 0 radical (unpaired) electrons. The molecular formula is C20H29N5. The van der Waals surface area contributed by atoms with E-state index in [2.05, 4.69) is 64.0 Å². The maximum atomic E-state index is 4.66. The number of rotatable bonds is 9. The third-order valence-corrected chi connectivity index (χ3v) is 3.71. The Labute approximate surface area is 151 Å². The first-order valence-electron chi connectivity index (χ1n) is 9.00. The molecule has 0 saturated carbocycles. The minimum atomic E-state index is 0.693. The molecule has 0 bridgehead atoms. The fourth-order valence-corrected chi connectivity index (χ4v) is 2.46. The van der Waals surface area contributed by atoms with E-state index in [1.807, 2.05) is 18.2 Å². The van der Waals surface area contributed by atoms with Crippen molar-refractivity contribution in [3.8, 4) is 0 Å². The van der Waals surface area contributed by atoms with E-state index in [4.69, 9.17) is 0 Å². The molecule has 0 fully saturated rings. The number of aryl methyl sites for hydroxylation is 1. The molecule has 0 spiro atoms. The summed E-state index contributed by atoms with van der Waals surface area (Å²) in [5.74, 6) is 1.81. The lowest BCUT2D eigenvalue weighted by molar-refractivity contribution is 0.712. The van der Waals surface area contributed by atoms with Gasteiger partial charge in [0.15, 0.2) is 5.96 Å². The molecule has 0 saturated heterocycles. The molecule has 5 nitrogen and oxygen atoms in total. The van der Waals surface area contributed by atoms with Crippen molar-refractivity contribution in [1.29, 1.82) is 0 Å². The van der Waals surface area contributed by atoms with Gasteiger partial charge in [0.05, 0.1) is 6.54 Å². The number of nitrogens with one attached hydrogen (secondary N) is 3. The minimum Gasteiger partial charge on any atom is -0.370 e. The van der Waals surface area contributed by atoms with Crippen LogP contribution in [0.3, 0.4) is 0 Å². The van der Waals surface area contributed by atoms with Crippen LogP contribution in [-0.2, 0) is 6.54 Å². The van der Waals surface area contributed by atoms with Crippen LogP contribution in [0.5, 0.6) is 0 Å². The number of nitrogens with zero attached hydrogens (tertiary/aromatic N) is 2. The topological polar surface area (TPSA) is 61.3 Å². The van der Waals surface area contributed by atoms with E-state index >= 15 is 0 Å². The quantitative estimate of drug-likeness (QED) is 0.372. The molecule has 2 rings (SSSR count). The number of unbranched alkanes of at least 4 members (excludes halogenated alkanes) is 1. The van der Waals surface area contributed by atoms with Gasteiger partial charge in [0, 0.05) is 25.8 Å². The number of aliphatic imine (C=N–C) groups is 1. The number of aromatic nitrogens is 1. The van der Waals surface area contributed by atoms with Crippen LogP contribution >= 0.6 is 0 Å². The summed E-state index contributed by atoms with van der Waals surface area (Å²) >= 11 is 0. The molecule has 0 aliphatic heterocycles. The van der Waals surface area contributed by atoms with Crippen LogP contribution in [0.4, 0.5) is 5.82 Å². The Hall–Kier alpha value is -2.56. The molecule has 1 aromatic carbocycles. The Morgan fingerprint density at radius 2 is 1.92 bits per heavy atom. The molecule has 1 heterocycles. The zero-order chi connectivity index (χ0) is 17.7. The van der Waals surface area contributed by atoms with Crippen molar-refractivity contribution >= 4 is 11.8 Å². The summed E-state index contributed by atoms with van der Waals surface area (Å²) in [5, 5.41) is 10.0. The number of hydrogen-bond acceptors (Lipinski definition) is 3. The summed E-state index contributed by atoms with van der Waals surface area (Å²) in [6.45, 7) is 7.58. The number of guanidine groups is 1. The second kappa shape index (κ2) is 11.1. The highest BCUT2D eigenvalue weighted by Gasteiger charge is 1.98. The van der Waals surface area contributed by atoms with Crippen LogP contribution in [0.2, 0.25) is 0 Å². The van der Waals surface area contributed by atoms with Crippen LogP contribution in [-0.4, -0.2) is 30.6 Å². The van der Waals surface area contributed by atoms with Crippen LogP contribution in [0, 0.1) is 6.92 Å². The summed E-state index contributed by atoms with van der Waals surface area (Å²) in [6, 6.07) is 14.4. The Morgan fingerprint density at radius 1 is 1.04 bits per heavy atom. The Bertz CT molecular complexity index is 640. The van der Waals surface area contributed by atoms with Gasteiger partial charge in [-0.25, -0.2) is 9.98 Å². The third-order valence-electron chi connectivity index (χ3n) is 3.71. The molecule has 0 amide bonds. The van der Waals surface area contributed by atoms with Gasteiger partial charge in [-0.15, -0.1) is 0 Å². The zero-order valence-electron chi connectivity index (χ0n) is 15.3. The van der Waals surface area contributed by atoms with Crippen molar-refractivity contribution in [2.24, 2.45) is 4.99 Å². The lowest BCUT2D eigenvalue weighted by Crippen LogP contribution is -2.37. The molecule has 0 atom stereocenters. The molecule has 3 N–H and O–H groups in total. The minimum absolute atomic E-state index is 0.693. The molecule has 2 aromatic rings. The van der Waals surface area contributed by atoms with Crippen LogP contribution in [0.15, 0.2) is 53.7 Å². The Balaban J connectivity index is 1.67. The summed E-state index contributed by atoms with van der Waals surface area (Å²) in [6.07, 6.45) is 3.97. The fourth-order valence-electron chi connectivity index (χ4n) is 2.46. The lowest BCUT2D eigenvalue weighted by atomic mass is 10.1. The monoisotopic (exact) mass is 339 g/mol. The van der Waals surface area contributed by atoms with Gasteiger partial charge in [0.25, 0.3) is 0 Å². The first-order valence-corrected chi connectivity index (χ1v) is 9.00. The van der Waals surface area contributed by atoms with E-state index < -0.39 is 0 Å². The summed E-state index contributed by atoms with van der Waals surface area (Å²) in [4.78, 5) is 8.91. The molecule has 0 unspecified atom stereocenters. The average Bonchev–Trinajstić information content (AvgIpc) is 2.63. The van der Waals surface area contributed by atoms with Crippen LogP contribution in [0.1, 0.15) is 30.9 Å². The second-order valence-corrected chi connectivity index (χ2v) is 5.96. The van der Waals surface area contributed by atoms with Gasteiger partial charge in [0.2, 0.25) is 0 Å². The van der Waals surface area contributed by atoms with E-state index in [1.54, 1.807) is 6.20 Å². The van der Waals surface area contributed by atoms with Gasteiger partial charge >= 0.3 is 0 Å². The predicted molar refractivity (Wildman–Crippen MR) is 106 cm³/mol. The van der Waals surface area contributed by atoms with Crippen molar-refractivity contribution in [3.05, 3.63) is 59.8 Å². The molecule has 5 heteroatoms. The van der Waals surface area contributed by atoms with E-state index in [1.165, 1.54) is 11.1 Å². The molecule has 25 heavy (non-hydrogen) atoms. The van der Waals surface area contributed by atoms with E-state index in [9.17, 15) is 0 Å². The summed E-state index contributed by atoms with van der Waals surface area (Å²) in [7, 11) is 0. The van der Waals surface area contributed by atoms with Crippen molar-refractivity contribution in [2.75, 3.05) is 25.0 Å². The van der Waals surface area contributed by atoms with E-state index in [0.29, 0.717) is 6.54 Å². The standard InChI is InChI=1S/C20H29N5/c1-3-21-20(25-16-18-10-8-9-17(2)15-18)24-14-7-6-13-23-19-11-4-5-12-22-19/h4-5,8-12,15H,3,6-7,13-14,16H2,1-2H3,(H,22,23)(H2,21,24,25). The Morgan fingerprint density at radius 3 is 2.68 bits per heavy atom. The van der Waals surface area contributed by atoms with Gasteiger partial charge in [0.1, 0.15) is 5.82 Å². The van der Waals surface area contributed by atoms with Crippen LogP contribution < -0.4 is 16.0 Å². The molecule has 1 aromatic heterocycles. The molecule has 0 aliphatic rings. The Kier molecular flexibility index (Phi) is 8.32. The smallest absolute Gasteiger partial charge is 0.191 e. The van der Waals surface area contributed by atoms with Gasteiger partial charge in [-0.3, -0.25) is 0 Å². The molecule has 0 aliphatic carbocycles. The SMILES string of the molecule is CCNC(=NCc1cccc(C)c1)NCCCCNc1ccccn1.